The molecule has 1 amide bonds. The summed E-state index contributed by atoms with van der Waals surface area (Å²) in [4.78, 5) is 13.7. The number of nitrogens with zero attached hydrogens (tertiary/aromatic N) is 2. The predicted octanol–water partition coefficient (Wildman–Crippen LogP) is 1.40. The van der Waals surface area contributed by atoms with Crippen LogP contribution in [-0.2, 0) is 0 Å². The van der Waals surface area contributed by atoms with E-state index in [1.54, 1.807) is 36.2 Å². The molecule has 98 valence electrons. The average Bonchev–Trinajstić information content (AvgIpc) is 2.44. The Morgan fingerprint density at radius 1 is 1.42 bits per heavy atom. The van der Waals surface area contributed by atoms with Crippen molar-refractivity contribution < 1.29 is 9.90 Å². The normalized spacial score (nSPS) is 10.8. The van der Waals surface area contributed by atoms with E-state index in [0.29, 0.717) is 12.0 Å². The van der Waals surface area contributed by atoms with Crippen LogP contribution in [0.3, 0.4) is 0 Å². The molecule has 0 aromatic heterocycles. The van der Waals surface area contributed by atoms with Crippen molar-refractivity contribution >= 4 is 5.91 Å². The average molecular weight is 256 g/mol. The molecule has 1 rings (SSSR count). The molecule has 0 saturated heterocycles. The third kappa shape index (κ3) is 4.13. The maximum Gasteiger partial charge on any atom is 0.253 e. The van der Waals surface area contributed by atoms with Crippen LogP contribution < -0.4 is 0 Å². The summed E-state index contributed by atoms with van der Waals surface area (Å²) >= 11 is 0. The second-order valence-electron chi connectivity index (χ2n) is 4.16. The summed E-state index contributed by atoms with van der Waals surface area (Å²) in [5.41, 5.74) is 1.31. The predicted molar refractivity (Wildman–Crippen MR) is 72.2 cm³/mol. The molecule has 0 radical (unpaired) electrons. The maximum absolute atomic E-state index is 12.1. The van der Waals surface area contributed by atoms with Crippen LogP contribution in [0.1, 0.15) is 29.3 Å². The summed E-state index contributed by atoms with van der Waals surface area (Å²) < 4.78 is 0. The minimum atomic E-state index is -0.185. The van der Waals surface area contributed by atoms with Gasteiger partial charge in [0.1, 0.15) is 6.61 Å². The zero-order chi connectivity index (χ0) is 14.3. The fourth-order valence-corrected chi connectivity index (χ4v) is 1.51. The molecule has 1 atom stereocenters. The Balaban J connectivity index is 2.81. The summed E-state index contributed by atoms with van der Waals surface area (Å²) in [6.45, 7) is 1.65. The lowest BCUT2D eigenvalue weighted by atomic mass is 10.1. The van der Waals surface area contributed by atoms with Gasteiger partial charge in [0.25, 0.3) is 5.91 Å². The van der Waals surface area contributed by atoms with E-state index < -0.39 is 0 Å². The zero-order valence-corrected chi connectivity index (χ0v) is 11.1. The van der Waals surface area contributed by atoms with E-state index in [4.69, 9.17) is 10.4 Å². The first-order valence-electron chi connectivity index (χ1n) is 5.94. The van der Waals surface area contributed by atoms with Crippen molar-refractivity contribution in [2.45, 2.75) is 19.4 Å². The molecule has 0 saturated carbocycles. The highest BCUT2D eigenvalue weighted by atomic mass is 16.2. The van der Waals surface area contributed by atoms with Gasteiger partial charge in [-0.1, -0.05) is 11.8 Å². The van der Waals surface area contributed by atoms with Gasteiger partial charge in [-0.2, -0.15) is 5.26 Å². The van der Waals surface area contributed by atoms with Crippen LogP contribution in [0.2, 0.25) is 0 Å². The molecular weight excluding hydrogens is 240 g/mol. The Hall–Kier alpha value is -2.30. The number of aliphatic hydroxyl groups excluding tert-OH is 1. The van der Waals surface area contributed by atoms with Gasteiger partial charge < -0.3 is 10.0 Å². The van der Waals surface area contributed by atoms with Crippen molar-refractivity contribution in [2.24, 2.45) is 0 Å². The number of nitriles is 1. The van der Waals surface area contributed by atoms with Crippen LogP contribution in [-0.4, -0.2) is 35.6 Å². The number of carbonyl (C=O) groups excluding carboxylic acids is 1. The number of rotatable bonds is 3. The van der Waals surface area contributed by atoms with E-state index in [1.807, 2.05) is 6.92 Å². The monoisotopic (exact) mass is 256 g/mol. The fraction of sp³-hybridized carbons (Fsp3) is 0.333. The number of benzene rings is 1. The third-order valence-electron chi connectivity index (χ3n) is 2.81. The quantitative estimate of drug-likeness (QED) is 0.831. The molecule has 0 aliphatic heterocycles. The Bertz CT molecular complexity index is 532. The second kappa shape index (κ2) is 7.20. The summed E-state index contributed by atoms with van der Waals surface area (Å²) in [5.74, 6) is 5.19. The van der Waals surface area contributed by atoms with Crippen molar-refractivity contribution in [1.82, 2.24) is 4.90 Å². The van der Waals surface area contributed by atoms with E-state index in [0.717, 1.165) is 5.56 Å². The van der Waals surface area contributed by atoms with E-state index >= 15 is 0 Å². The lowest BCUT2D eigenvalue weighted by Crippen LogP contribution is -2.34. The van der Waals surface area contributed by atoms with Crippen LogP contribution in [0.4, 0.5) is 0 Å². The van der Waals surface area contributed by atoms with Gasteiger partial charge in [0, 0.05) is 24.2 Å². The first-order chi connectivity index (χ1) is 9.10. The van der Waals surface area contributed by atoms with E-state index in [2.05, 4.69) is 17.9 Å². The van der Waals surface area contributed by atoms with Gasteiger partial charge in [0.15, 0.2) is 0 Å². The lowest BCUT2D eigenvalue weighted by Gasteiger charge is -2.22. The van der Waals surface area contributed by atoms with Gasteiger partial charge in [0.05, 0.1) is 12.5 Å². The van der Waals surface area contributed by atoms with Crippen molar-refractivity contribution in [1.29, 1.82) is 5.26 Å². The van der Waals surface area contributed by atoms with Crippen LogP contribution in [0.15, 0.2) is 24.3 Å². The second-order valence-corrected chi connectivity index (χ2v) is 4.16. The number of hydrogen-bond acceptors (Lipinski definition) is 3. The van der Waals surface area contributed by atoms with Crippen LogP contribution in [0.5, 0.6) is 0 Å². The van der Waals surface area contributed by atoms with Crippen LogP contribution in [0, 0.1) is 23.2 Å². The Kier molecular flexibility index (Phi) is 5.60. The maximum atomic E-state index is 12.1. The summed E-state index contributed by atoms with van der Waals surface area (Å²) in [7, 11) is 1.68. The third-order valence-corrected chi connectivity index (χ3v) is 2.81. The molecule has 1 aromatic carbocycles. The number of carbonyl (C=O) groups is 1. The van der Waals surface area contributed by atoms with Crippen molar-refractivity contribution in [3.05, 3.63) is 35.4 Å². The standard InChI is InChI=1S/C15H16N2O2/c1-12(9-10-16)17(2)15(19)14-7-5-13(6-8-14)4-3-11-18/h5-8,12,18H,9,11H2,1-2H3. The molecule has 0 spiro atoms. The molecule has 1 unspecified atom stereocenters. The number of hydrogen-bond donors (Lipinski definition) is 1. The molecule has 0 bridgehead atoms. The first kappa shape index (κ1) is 14.8. The van der Waals surface area contributed by atoms with Crippen molar-refractivity contribution in [3.8, 4) is 17.9 Å². The smallest absolute Gasteiger partial charge is 0.253 e. The van der Waals surface area contributed by atoms with Crippen molar-refractivity contribution in [3.63, 3.8) is 0 Å². The molecule has 1 aromatic rings. The Morgan fingerprint density at radius 3 is 2.58 bits per heavy atom. The molecule has 4 nitrogen and oxygen atoms in total. The minimum Gasteiger partial charge on any atom is -0.384 e. The van der Waals surface area contributed by atoms with Gasteiger partial charge in [-0.25, -0.2) is 0 Å². The summed E-state index contributed by atoms with van der Waals surface area (Å²) in [6, 6.07) is 8.79. The van der Waals surface area contributed by atoms with E-state index in [1.165, 1.54) is 0 Å². The van der Waals surface area contributed by atoms with Gasteiger partial charge in [-0.3, -0.25) is 4.79 Å². The van der Waals surface area contributed by atoms with Gasteiger partial charge in [0.2, 0.25) is 0 Å². The van der Waals surface area contributed by atoms with Gasteiger partial charge >= 0.3 is 0 Å². The lowest BCUT2D eigenvalue weighted by molar-refractivity contribution is 0.0746. The number of aliphatic hydroxyl groups is 1. The van der Waals surface area contributed by atoms with Gasteiger partial charge in [-0.05, 0) is 31.2 Å². The molecule has 0 fully saturated rings. The summed E-state index contributed by atoms with van der Waals surface area (Å²) in [6.07, 6.45) is 0.308. The highest BCUT2D eigenvalue weighted by Crippen LogP contribution is 2.09. The SMILES string of the molecule is CC(CC#N)N(C)C(=O)c1ccc(C#CCO)cc1. The van der Waals surface area contributed by atoms with Crippen LogP contribution >= 0.6 is 0 Å². The molecule has 0 aliphatic carbocycles. The van der Waals surface area contributed by atoms with Gasteiger partial charge in [-0.15, -0.1) is 0 Å². The molecule has 19 heavy (non-hydrogen) atoms. The van der Waals surface area contributed by atoms with E-state index in [9.17, 15) is 4.79 Å². The minimum absolute atomic E-state index is 0.119. The molecule has 1 N–H and O–H groups in total. The highest BCUT2D eigenvalue weighted by molar-refractivity contribution is 5.94. The fourth-order valence-electron chi connectivity index (χ4n) is 1.51. The van der Waals surface area contributed by atoms with Crippen LogP contribution in [0.25, 0.3) is 0 Å². The largest absolute Gasteiger partial charge is 0.384 e. The highest BCUT2D eigenvalue weighted by Gasteiger charge is 2.16. The van der Waals surface area contributed by atoms with Crippen molar-refractivity contribution in [2.75, 3.05) is 13.7 Å². The topological polar surface area (TPSA) is 64.3 Å². The molecule has 0 aliphatic rings. The molecular formula is C15H16N2O2. The Morgan fingerprint density at radius 2 is 2.05 bits per heavy atom. The zero-order valence-electron chi connectivity index (χ0n) is 11.1. The Labute approximate surface area is 113 Å². The number of amides is 1. The molecule has 4 heteroatoms. The first-order valence-corrected chi connectivity index (χ1v) is 5.94. The molecule has 0 heterocycles. The summed E-state index contributed by atoms with van der Waals surface area (Å²) in [5, 5.41) is 17.2. The van der Waals surface area contributed by atoms with E-state index in [-0.39, 0.29) is 18.6 Å².